The van der Waals surface area contributed by atoms with Gasteiger partial charge < -0.3 is 4.74 Å². The SMILES string of the molecule is C=C1C=C2C[C@@H](SC(=O)CC34CC5CC(CC(C5)C3)C4)C3C(CCC4(C)C3CC[C@@]43CCC(=O)O3)C2(C)CC1. The second kappa shape index (κ2) is 8.51. The Bertz CT molecular complexity index is 1120. The number of carbonyl (C=O) groups is 2. The van der Waals surface area contributed by atoms with Crippen LogP contribution in [0.5, 0.6) is 0 Å². The first-order chi connectivity index (χ1) is 18.6. The average molecular weight is 549 g/mol. The molecule has 1 heterocycles. The quantitative estimate of drug-likeness (QED) is 0.332. The van der Waals surface area contributed by atoms with E-state index in [2.05, 4.69) is 26.5 Å². The van der Waals surface area contributed by atoms with Crippen LogP contribution < -0.4 is 0 Å². The molecule has 7 saturated carbocycles. The van der Waals surface area contributed by atoms with Crippen LogP contribution in [0, 0.1) is 51.8 Å². The van der Waals surface area contributed by atoms with Crippen molar-refractivity contribution in [2.75, 3.05) is 0 Å². The van der Waals surface area contributed by atoms with Gasteiger partial charge in [0, 0.05) is 23.5 Å². The van der Waals surface area contributed by atoms with E-state index in [1.165, 1.54) is 56.9 Å². The first-order valence-corrected chi connectivity index (χ1v) is 17.3. The van der Waals surface area contributed by atoms with Crippen molar-refractivity contribution in [1.29, 1.82) is 0 Å². The smallest absolute Gasteiger partial charge is 0.306 e. The summed E-state index contributed by atoms with van der Waals surface area (Å²) in [6.45, 7) is 9.38. The number of ether oxygens (including phenoxy) is 1. The molecule has 0 aromatic heterocycles. The number of hydrogen-bond donors (Lipinski definition) is 0. The molecule has 7 atom stereocenters. The van der Waals surface area contributed by atoms with Crippen molar-refractivity contribution in [1.82, 2.24) is 0 Å². The van der Waals surface area contributed by atoms with E-state index in [0.29, 0.717) is 40.0 Å². The molecule has 4 heteroatoms. The van der Waals surface area contributed by atoms with Crippen LogP contribution in [0.4, 0.5) is 0 Å². The van der Waals surface area contributed by atoms with Crippen LogP contribution in [-0.4, -0.2) is 21.9 Å². The van der Waals surface area contributed by atoms with Crippen molar-refractivity contribution in [2.24, 2.45) is 51.8 Å². The van der Waals surface area contributed by atoms with Crippen LogP contribution >= 0.6 is 11.8 Å². The van der Waals surface area contributed by atoms with Gasteiger partial charge in [-0.05, 0) is 136 Å². The van der Waals surface area contributed by atoms with E-state index in [1.54, 1.807) is 17.3 Å². The van der Waals surface area contributed by atoms with Crippen LogP contribution in [0.15, 0.2) is 23.8 Å². The minimum Gasteiger partial charge on any atom is -0.458 e. The minimum absolute atomic E-state index is 0.0160. The van der Waals surface area contributed by atoms with Gasteiger partial charge in [-0.3, -0.25) is 9.59 Å². The highest BCUT2D eigenvalue weighted by molar-refractivity contribution is 8.14. The molecule has 1 spiro atoms. The van der Waals surface area contributed by atoms with Gasteiger partial charge >= 0.3 is 5.97 Å². The van der Waals surface area contributed by atoms with Gasteiger partial charge in [0.1, 0.15) is 5.60 Å². The molecule has 8 aliphatic carbocycles. The normalized spacial score (nSPS) is 53.3. The zero-order valence-electron chi connectivity index (χ0n) is 24.3. The van der Waals surface area contributed by atoms with E-state index in [4.69, 9.17) is 4.74 Å². The van der Waals surface area contributed by atoms with E-state index in [9.17, 15) is 9.59 Å². The Kier molecular flexibility index (Phi) is 5.60. The molecule has 5 unspecified atom stereocenters. The fraction of sp³-hybridized carbons (Fsp3) is 0.829. The first-order valence-electron chi connectivity index (χ1n) is 16.4. The summed E-state index contributed by atoms with van der Waals surface area (Å²) >= 11 is 1.77. The van der Waals surface area contributed by atoms with Crippen molar-refractivity contribution in [3.63, 3.8) is 0 Å². The zero-order chi connectivity index (χ0) is 26.8. The summed E-state index contributed by atoms with van der Waals surface area (Å²) in [5.74, 6) is 4.43. The standard InChI is InChI=1S/C35H48O3S/c1-21-4-8-32(2)25(12-21)16-28(39-30(37)20-34-17-22-13-23(18-34)15-24(14-22)19-34)31-26(32)5-9-33(3)27(31)6-10-35(33)11-7-29(36)38-35/h12,22-24,26-28,31H,1,4-11,13-20H2,2-3H3/t22?,23?,24?,26?,27?,28-,31?,32?,33?,34?,35-/m1/s1. The molecule has 212 valence electrons. The van der Waals surface area contributed by atoms with Crippen molar-refractivity contribution < 1.29 is 14.3 Å². The largest absolute Gasteiger partial charge is 0.458 e. The number of thioether (sulfide) groups is 1. The summed E-state index contributed by atoms with van der Waals surface area (Å²) in [5, 5.41) is 0.852. The molecule has 1 saturated heterocycles. The van der Waals surface area contributed by atoms with Gasteiger partial charge in [0.15, 0.2) is 5.12 Å². The molecular formula is C35H48O3S. The number of hydrogen-bond acceptors (Lipinski definition) is 4. The Morgan fingerprint density at radius 3 is 2.33 bits per heavy atom. The number of esters is 1. The maximum atomic E-state index is 14.1. The maximum absolute atomic E-state index is 14.1. The predicted octanol–water partition coefficient (Wildman–Crippen LogP) is 8.43. The third-order valence-electron chi connectivity index (χ3n) is 14.4. The van der Waals surface area contributed by atoms with Gasteiger partial charge in [-0.2, -0.15) is 0 Å². The Morgan fingerprint density at radius 1 is 0.974 bits per heavy atom. The number of allylic oxidation sites excluding steroid dienone is 3. The Balaban J connectivity index is 1.10. The van der Waals surface area contributed by atoms with Crippen LogP contribution in [0.3, 0.4) is 0 Å². The first kappa shape index (κ1) is 25.7. The fourth-order valence-corrected chi connectivity index (χ4v) is 14.6. The molecule has 0 radical (unpaired) electrons. The van der Waals surface area contributed by atoms with Gasteiger partial charge in [-0.15, -0.1) is 0 Å². The van der Waals surface area contributed by atoms with E-state index in [0.717, 1.165) is 62.7 Å². The lowest BCUT2D eigenvalue weighted by Gasteiger charge is -2.61. The lowest BCUT2D eigenvalue weighted by Crippen LogP contribution is -2.57. The summed E-state index contributed by atoms with van der Waals surface area (Å²) < 4.78 is 6.25. The van der Waals surface area contributed by atoms with Crippen LogP contribution in [0.1, 0.15) is 117 Å². The maximum Gasteiger partial charge on any atom is 0.306 e. The summed E-state index contributed by atoms with van der Waals surface area (Å²) in [5.41, 5.74) is 3.21. The molecule has 8 fully saturated rings. The van der Waals surface area contributed by atoms with Crippen LogP contribution in [-0.2, 0) is 14.3 Å². The van der Waals surface area contributed by atoms with E-state index in [1.807, 2.05) is 0 Å². The molecule has 0 aromatic rings. The second-order valence-electron chi connectivity index (χ2n) is 16.3. The molecule has 9 rings (SSSR count). The number of rotatable bonds is 3. The van der Waals surface area contributed by atoms with Crippen molar-refractivity contribution >= 4 is 22.8 Å². The highest BCUT2D eigenvalue weighted by Crippen LogP contribution is 2.71. The summed E-state index contributed by atoms with van der Waals surface area (Å²) in [4.78, 5) is 26.5. The molecule has 0 aromatic carbocycles. The summed E-state index contributed by atoms with van der Waals surface area (Å²) in [7, 11) is 0. The third kappa shape index (κ3) is 3.67. The topological polar surface area (TPSA) is 43.4 Å². The Labute approximate surface area is 239 Å². The molecule has 0 N–H and O–H groups in total. The van der Waals surface area contributed by atoms with E-state index in [-0.39, 0.29) is 22.4 Å². The van der Waals surface area contributed by atoms with Gasteiger partial charge in [0.05, 0.1) is 0 Å². The molecule has 0 amide bonds. The molecule has 1 aliphatic heterocycles. The molecule has 3 nitrogen and oxygen atoms in total. The van der Waals surface area contributed by atoms with Crippen LogP contribution in [0.2, 0.25) is 0 Å². The molecule has 39 heavy (non-hydrogen) atoms. The molecule has 4 bridgehead atoms. The third-order valence-corrected chi connectivity index (χ3v) is 15.6. The van der Waals surface area contributed by atoms with Gasteiger partial charge in [-0.25, -0.2) is 0 Å². The Hall–Kier alpha value is -1.03. The highest BCUT2D eigenvalue weighted by Gasteiger charge is 2.68. The number of carbonyl (C=O) groups excluding carboxylic acids is 2. The van der Waals surface area contributed by atoms with Crippen molar-refractivity contribution in [3.8, 4) is 0 Å². The van der Waals surface area contributed by atoms with Gasteiger partial charge in [0.2, 0.25) is 0 Å². The Morgan fingerprint density at radius 2 is 1.67 bits per heavy atom. The number of fused-ring (bicyclic) bond motifs is 6. The van der Waals surface area contributed by atoms with E-state index >= 15 is 0 Å². The van der Waals surface area contributed by atoms with Gasteiger partial charge in [-0.1, -0.05) is 49.4 Å². The summed E-state index contributed by atoms with van der Waals surface area (Å²) in [6.07, 6.45) is 20.9. The van der Waals surface area contributed by atoms with Crippen molar-refractivity contribution in [2.45, 2.75) is 127 Å². The lowest BCUT2D eigenvalue weighted by atomic mass is 9.46. The molecule has 9 aliphatic rings. The second-order valence-corrected chi connectivity index (χ2v) is 17.6. The zero-order valence-corrected chi connectivity index (χ0v) is 25.1. The highest BCUT2D eigenvalue weighted by atomic mass is 32.2. The van der Waals surface area contributed by atoms with Crippen LogP contribution in [0.25, 0.3) is 0 Å². The monoisotopic (exact) mass is 548 g/mol. The van der Waals surface area contributed by atoms with Crippen molar-refractivity contribution in [3.05, 3.63) is 23.8 Å². The average Bonchev–Trinajstić information content (AvgIpc) is 3.38. The predicted molar refractivity (Wildman–Crippen MR) is 156 cm³/mol. The van der Waals surface area contributed by atoms with E-state index < -0.39 is 0 Å². The van der Waals surface area contributed by atoms with Gasteiger partial charge in [0.25, 0.3) is 0 Å². The molecular weight excluding hydrogens is 500 g/mol. The lowest BCUT2D eigenvalue weighted by molar-refractivity contribution is -0.167. The fourth-order valence-electron chi connectivity index (χ4n) is 13.0. The summed E-state index contributed by atoms with van der Waals surface area (Å²) in [6, 6.07) is 0. The minimum atomic E-state index is -0.254.